The molecular weight excluding hydrogens is 240 g/mol. The number of amides is 2. The molecule has 1 aromatic heterocycles. The monoisotopic (exact) mass is 256 g/mol. The molecule has 1 unspecified atom stereocenters. The van der Waals surface area contributed by atoms with E-state index in [1.165, 1.54) is 11.3 Å². The van der Waals surface area contributed by atoms with E-state index in [-0.39, 0.29) is 6.54 Å². The van der Waals surface area contributed by atoms with Gasteiger partial charge in [0.25, 0.3) is 0 Å². The van der Waals surface area contributed by atoms with E-state index in [1.54, 1.807) is 11.4 Å². The van der Waals surface area contributed by atoms with Gasteiger partial charge in [-0.2, -0.15) is 11.3 Å². The molecule has 0 saturated carbocycles. The molecule has 0 bridgehead atoms. The summed E-state index contributed by atoms with van der Waals surface area (Å²) in [5.41, 5.74) is 0.740. The minimum absolute atomic E-state index is 0.0368. The average Bonchev–Trinajstić information content (AvgIpc) is 2.86. The number of hydrogen-bond acceptors (Lipinski definition) is 4. The van der Waals surface area contributed by atoms with E-state index in [0.717, 1.165) is 12.0 Å². The highest BCUT2D eigenvalue weighted by Crippen LogP contribution is 2.14. The van der Waals surface area contributed by atoms with Gasteiger partial charge >= 0.3 is 11.8 Å². The summed E-state index contributed by atoms with van der Waals surface area (Å²) in [7, 11) is 0. The van der Waals surface area contributed by atoms with E-state index in [2.05, 4.69) is 10.6 Å². The molecule has 1 aromatic rings. The Morgan fingerprint density at radius 3 is 2.71 bits per heavy atom. The molecule has 3 N–H and O–H groups in total. The second-order valence-electron chi connectivity index (χ2n) is 3.54. The standard InChI is InChI=1S/C11H16N2O3S/c1-2-4-12-10(15)11(16)13-6-9(14)8-3-5-17-7-8/h3,5,7,9,14H,2,4,6H2,1H3,(H,12,15)(H,13,16). The van der Waals surface area contributed by atoms with E-state index >= 15 is 0 Å². The van der Waals surface area contributed by atoms with Gasteiger partial charge in [0.1, 0.15) is 0 Å². The van der Waals surface area contributed by atoms with Crippen LogP contribution in [0.15, 0.2) is 16.8 Å². The van der Waals surface area contributed by atoms with Crippen molar-refractivity contribution in [1.29, 1.82) is 0 Å². The summed E-state index contributed by atoms with van der Waals surface area (Å²) < 4.78 is 0. The van der Waals surface area contributed by atoms with Crippen molar-refractivity contribution in [3.63, 3.8) is 0 Å². The topological polar surface area (TPSA) is 78.4 Å². The van der Waals surface area contributed by atoms with E-state index < -0.39 is 17.9 Å². The Hall–Kier alpha value is -1.40. The fourth-order valence-electron chi connectivity index (χ4n) is 1.17. The molecule has 0 radical (unpaired) electrons. The Morgan fingerprint density at radius 2 is 2.12 bits per heavy atom. The van der Waals surface area contributed by atoms with Gasteiger partial charge in [0, 0.05) is 13.1 Å². The van der Waals surface area contributed by atoms with Gasteiger partial charge in [0.15, 0.2) is 0 Å². The molecule has 0 fully saturated rings. The fraction of sp³-hybridized carbons (Fsp3) is 0.455. The Morgan fingerprint density at radius 1 is 1.41 bits per heavy atom. The molecule has 0 spiro atoms. The van der Waals surface area contributed by atoms with Gasteiger partial charge in [-0.05, 0) is 28.8 Å². The number of carbonyl (C=O) groups excluding carboxylic acids is 2. The molecule has 5 nitrogen and oxygen atoms in total. The van der Waals surface area contributed by atoms with Crippen molar-refractivity contribution in [2.45, 2.75) is 19.4 Å². The second-order valence-corrected chi connectivity index (χ2v) is 4.32. The lowest BCUT2D eigenvalue weighted by Gasteiger charge is -2.10. The molecule has 1 rings (SSSR count). The first-order chi connectivity index (χ1) is 8.15. The number of aliphatic hydroxyl groups is 1. The smallest absolute Gasteiger partial charge is 0.309 e. The van der Waals surface area contributed by atoms with Gasteiger partial charge < -0.3 is 15.7 Å². The van der Waals surface area contributed by atoms with Crippen LogP contribution < -0.4 is 10.6 Å². The van der Waals surface area contributed by atoms with Crippen molar-refractivity contribution in [2.75, 3.05) is 13.1 Å². The first-order valence-corrected chi connectivity index (χ1v) is 6.35. The maximum Gasteiger partial charge on any atom is 0.309 e. The second kappa shape index (κ2) is 7.03. The van der Waals surface area contributed by atoms with Crippen LogP contribution in [-0.4, -0.2) is 30.0 Å². The number of thiophene rings is 1. The van der Waals surface area contributed by atoms with Crippen LogP contribution in [0.1, 0.15) is 25.0 Å². The predicted molar refractivity (Wildman–Crippen MR) is 65.6 cm³/mol. The number of aliphatic hydroxyl groups excluding tert-OH is 1. The highest BCUT2D eigenvalue weighted by atomic mass is 32.1. The van der Waals surface area contributed by atoms with Crippen LogP contribution in [0.3, 0.4) is 0 Å². The zero-order chi connectivity index (χ0) is 12.7. The van der Waals surface area contributed by atoms with Crippen molar-refractivity contribution in [3.05, 3.63) is 22.4 Å². The predicted octanol–water partition coefficient (Wildman–Crippen LogP) is 0.424. The summed E-state index contributed by atoms with van der Waals surface area (Å²) in [5.74, 6) is -1.38. The fourth-order valence-corrected chi connectivity index (χ4v) is 1.88. The normalized spacial score (nSPS) is 11.9. The first-order valence-electron chi connectivity index (χ1n) is 5.41. The Balaban J connectivity index is 2.30. The molecule has 17 heavy (non-hydrogen) atoms. The zero-order valence-electron chi connectivity index (χ0n) is 9.60. The molecule has 1 heterocycles. The molecule has 0 aromatic carbocycles. The quantitative estimate of drug-likeness (QED) is 0.668. The van der Waals surface area contributed by atoms with Crippen LogP contribution in [0, 0.1) is 0 Å². The van der Waals surface area contributed by atoms with Crippen molar-refractivity contribution >= 4 is 23.2 Å². The van der Waals surface area contributed by atoms with Gasteiger partial charge in [0.2, 0.25) is 0 Å². The molecule has 1 atom stereocenters. The van der Waals surface area contributed by atoms with Gasteiger partial charge in [-0.1, -0.05) is 6.92 Å². The molecule has 0 aliphatic heterocycles. The minimum Gasteiger partial charge on any atom is -0.387 e. The van der Waals surface area contributed by atoms with Crippen molar-refractivity contribution in [2.24, 2.45) is 0 Å². The SMILES string of the molecule is CCCNC(=O)C(=O)NCC(O)c1ccsc1. The Kier molecular flexibility index (Phi) is 5.65. The maximum atomic E-state index is 11.3. The molecule has 94 valence electrons. The molecule has 0 saturated heterocycles. The van der Waals surface area contributed by atoms with Gasteiger partial charge in [-0.3, -0.25) is 9.59 Å². The molecular formula is C11H16N2O3S. The molecule has 2 amide bonds. The third kappa shape index (κ3) is 4.54. The number of rotatable bonds is 5. The van der Waals surface area contributed by atoms with Crippen LogP contribution >= 0.6 is 11.3 Å². The van der Waals surface area contributed by atoms with E-state index in [9.17, 15) is 14.7 Å². The van der Waals surface area contributed by atoms with Crippen LogP contribution in [0.4, 0.5) is 0 Å². The maximum absolute atomic E-state index is 11.3. The lowest BCUT2D eigenvalue weighted by molar-refractivity contribution is -0.139. The van der Waals surface area contributed by atoms with E-state index in [1.807, 2.05) is 12.3 Å². The summed E-state index contributed by atoms with van der Waals surface area (Å²) in [6, 6.07) is 1.78. The van der Waals surface area contributed by atoms with Crippen molar-refractivity contribution in [3.8, 4) is 0 Å². The van der Waals surface area contributed by atoms with Crippen LogP contribution in [0.5, 0.6) is 0 Å². The highest BCUT2D eigenvalue weighted by Gasteiger charge is 2.14. The number of hydrogen-bond donors (Lipinski definition) is 3. The van der Waals surface area contributed by atoms with Gasteiger partial charge in [0.05, 0.1) is 6.10 Å². The minimum atomic E-state index is -0.774. The number of nitrogens with one attached hydrogen (secondary N) is 2. The first kappa shape index (κ1) is 13.7. The van der Waals surface area contributed by atoms with Gasteiger partial charge in [-0.25, -0.2) is 0 Å². The van der Waals surface area contributed by atoms with E-state index in [0.29, 0.717) is 6.54 Å². The largest absolute Gasteiger partial charge is 0.387 e. The average molecular weight is 256 g/mol. The molecule has 6 heteroatoms. The van der Waals surface area contributed by atoms with Crippen LogP contribution in [0.25, 0.3) is 0 Å². The summed E-state index contributed by atoms with van der Waals surface area (Å²) in [4.78, 5) is 22.5. The third-order valence-corrected chi connectivity index (χ3v) is 2.83. The molecule has 0 aliphatic rings. The summed E-state index contributed by atoms with van der Waals surface area (Å²) in [6.45, 7) is 2.41. The zero-order valence-corrected chi connectivity index (χ0v) is 10.4. The van der Waals surface area contributed by atoms with Crippen LogP contribution in [0.2, 0.25) is 0 Å². The highest BCUT2D eigenvalue weighted by molar-refractivity contribution is 7.07. The van der Waals surface area contributed by atoms with Crippen LogP contribution in [-0.2, 0) is 9.59 Å². The summed E-state index contributed by atoms with van der Waals surface area (Å²) in [5, 5.41) is 18.2. The summed E-state index contributed by atoms with van der Waals surface area (Å²) >= 11 is 1.47. The Labute approximate surface area is 104 Å². The Bertz CT molecular complexity index is 365. The molecule has 0 aliphatic carbocycles. The summed E-state index contributed by atoms with van der Waals surface area (Å²) in [6.07, 6.45) is 0.000442. The number of carbonyl (C=O) groups is 2. The van der Waals surface area contributed by atoms with Crippen molar-refractivity contribution < 1.29 is 14.7 Å². The van der Waals surface area contributed by atoms with E-state index in [4.69, 9.17) is 0 Å². The van der Waals surface area contributed by atoms with Gasteiger partial charge in [-0.15, -0.1) is 0 Å². The lowest BCUT2D eigenvalue weighted by Crippen LogP contribution is -2.41. The van der Waals surface area contributed by atoms with Crippen molar-refractivity contribution in [1.82, 2.24) is 10.6 Å². The third-order valence-electron chi connectivity index (χ3n) is 2.13. The lowest BCUT2D eigenvalue weighted by atomic mass is 10.2.